The summed E-state index contributed by atoms with van der Waals surface area (Å²) in [5, 5.41) is 2.53. The van der Waals surface area contributed by atoms with Crippen LogP contribution in [-0.2, 0) is 0 Å². The fourth-order valence-corrected chi connectivity index (χ4v) is 1.96. The second-order valence-electron chi connectivity index (χ2n) is 4.25. The number of nitrogens with zero attached hydrogens (tertiary/aromatic N) is 2. The van der Waals surface area contributed by atoms with Crippen molar-refractivity contribution in [3.05, 3.63) is 52.9 Å². The van der Waals surface area contributed by atoms with Crippen molar-refractivity contribution in [2.75, 3.05) is 5.32 Å². The number of aromatic nitrogens is 2. The molecule has 1 heterocycles. The molecule has 0 fully saturated rings. The number of halogens is 1. The van der Waals surface area contributed by atoms with Gasteiger partial charge >= 0.3 is 0 Å². The molecule has 0 radical (unpaired) electrons. The van der Waals surface area contributed by atoms with Gasteiger partial charge in [0, 0.05) is 0 Å². The summed E-state index contributed by atoms with van der Waals surface area (Å²) in [6, 6.07) is 6.02. The highest BCUT2D eigenvalue weighted by atomic mass is 19.1. The first-order chi connectivity index (χ1) is 8.99. The van der Waals surface area contributed by atoms with Crippen LogP contribution in [0.3, 0.4) is 0 Å². The molecule has 1 N–H and O–H groups in total. The molecule has 0 saturated heterocycles. The second-order valence-corrected chi connectivity index (χ2v) is 4.25. The third kappa shape index (κ3) is 2.76. The van der Waals surface area contributed by atoms with Crippen molar-refractivity contribution in [1.29, 1.82) is 0 Å². The zero-order chi connectivity index (χ0) is 14.0. The van der Waals surface area contributed by atoms with Gasteiger partial charge in [-0.05, 0) is 32.9 Å². The van der Waals surface area contributed by atoms with Gasteiger partial charge in [0.2, 0.25) is 0 Å². The summed E-state index contributed by atoms with van der Waals surface area (Å²) >= 11 is 0. The van der Waals surface area contributed by atoms with E-state index in [1.165, 1.54) is 12.1 Å². The lowest BCUT2D eigenvalue weighted by atomic mass is 10.1. The molecule has 0 atom stereocenters. The number of carbonyl (C=O) groups excluding carboxylic acids is 1. The lowest BCUT2D eigenvalue weighted by Crippen LogP contribution is -2.18. The van der Waals surface area contributed by atoms with E-state index in [0.717, 1.165) is 0 Å². The molecule has 98 valence electrons. The van der Waals surface area contributed by atoms with Gasteiger partial charge in [0.05, 0.1) is 22.6 Å². The minimum atomic E-state index is -0.473. The first-order valence-electron chi connectivity index (χ1n) is 5.86. The van der Waals surface area contributed by atoms with Crippen molar-refractivity contribution < 1.29 is 9.18 Å². The molecule has 0 aliphatic rings. The zero-order valence-corrected chi connectivity index (χ0v) is 11.0. The molecular formula is C14H14FN3O. The van der Waals surface area contributed by atoms with Gasteiger partial charge in [-0.15, -0.1) is 0 Å². The summed E-state index contributed by atoms with van der Waals surface area (Å²) in [4.78, 5) is 20.5. The molecular weight excluding hydrogens is 245 g/mol. The third-order valence-corrected chi connectivity index (χ3v) is 2.73. The van der Waals surface area contributed by atoms with Crippen molar-refractivity contribution in [3.63, 3.8) is 0 Å². The van der Waals surface area contributed by atoms with Gasteiger partial charge in [-0.1, -0.05) is 12.1 Å². The van der Waals surface area contributed by atoms with Crippen LogP contribution in [0, 0.1) is 26.6 Å². The topological polar surface area (TPSA) is 54.9 Å². The van der Waals surface area contributed by atoms with Crippen LogP contribution in [0.5, 0.6) is 0 Å². The normalized spacial score (nSPS) is 10.3. The van der Waals surface area contributed by atoms with E-state index in [1.807, 2.05) is 0 Å². The third-order valence-electron chi connectivity index (χ3n) is 2.73. The minimum absolute atomic E-state index is 0.145. The number of aryl methyl sites for hydroxylation is 3. The van der Waals surface area contributed by atoms with E-state index in [2.05, 4.69) is 15.3 Å². The first-order valence-corrected chi connectivity index (χ1v) is 5.86. The van der Waals surface area contributed by atoms with E-state index in [4.69, 9.17) is 0 Å². The standard InChI is InChI=1S/C14H14FN3O/c1-8-13(9(2)17-10(3)16-8)14(19)18-12-7-5-4-6-11(12)15/h4-7H,1-3H3,(H,18,19). The Morgan fingerprint density at radius 2 is 1.68 bits per heavy atom. The summed E-state index contributed by atoms with van der Waals surface area (Å²) in [7, 11) is 0. The van der Waals surface area contributed by atoms with Crippen molar-refractivity contribution in [2.45, 2.75) is 20.8 Å². The number of anilines is 1. The van der Waals surface area contributed by atoms with Crippen LogP contribution < -0.4 is 5.32 Å². The number of amides is 1. The maximum Gasteiger partial charge on any atom is 0.259 e. The summed E-state index contributed by atoms with van der Waals surface area (Å²) in [6.45, 7) is 5.23. The molecule has 1 aromatic carbocycles. The van der Waals surface area contributed by atoms with Gasteiger partial charge in [-0.3, -0.25) is 4.79 Å². The quantitative estimate of drug-likeness (QED) is 0.902. The number of nitrogens with one attached hydrogen (secondary N) is 1. The van der Waals surface area contributed by atoms with Crippen LogP contribution in [0.1, 0.15) is 27.6 Å². The molecule has 0 spiro atoms. The SMILES string of the molecule is Cc1nc(C)c(C(=O)Nc2ccccc2F)c(C)n1. The van der Waals surface area contributed by atoms with E-state index in [-0.39, 0.29) is 5.69 Å². The average molecular weight is 259 g/mol. The smallest absolute Gasteiger partial charge is 0.259 e. The van der Waals surface area contributed by atoms with E-state index in [0.29, 0.717) is 22.8 Å². The summed E-state index contributed by atoms with van der Waals surface area (Å²) in [5.41, 5.74) is 1.69. The van der Waals surface area contributed by atoms with Crippen LogP contribution in [0.15, 0.2) is 24.3 Å². The van der Waals surface area contributed by atoms with Crippen LogP contribution in [-0.4, -0.2) is 15.9 Å². The predicted octanol–water partition coefficient (Wildman–Crippen LogP) is 2.79. The highest BCUT2D eigenvalue weighted by molar-refractivity contribution is 6.05. The molecule has 0 aliphatic heterocycles. The van der Waals surface area contributed by atoms with E-state index in [1.54, 1.807) is 32.9 Å². The molecule has 1 aromatic heterocycles. The van der Waals surface area contributed by atoms with Gasteiger partial charge in [0.15, 0.2) is 0 Å². The van der Waals surface area contributed by atoms with Gasteiger partial charge < -0.3 is 5.32 Å². The Morgan fingerprint density at radius 1 is 1.11 bits per heavy atom. The van der Waals surface area contributed by atoms with Gasteiger partial charge in [-0.25, -0.2) is 14.4 Å². The number of hydrogen-bond acceptors (Lipinski definition) is 3. The average Bonchev–Trinajstić information content (AvgIpc) is 2.30. The molecule has 5 heteroatoms. The maximum atomic E-state index is 13.5. The molecule has 2 rings (SSSR count). The van der Waals surface area contributed by atoms with Crippen LogP contribution >= 0.6 is 0 Å². The van der Waals surface area contributed by atoms with Gasteiger partial charge in [-0.2, -0.15) is 0 Å². The Labute approximate surface area is 110 Å². The van der Waals surface area contributed by atoms with Crippen LogP contribution in [0.4, 0.5) is 10.1 Å². The van der Waals surface area contributed by atoms with Crippen molar-refractivity contribution in [2.24, 2.45) is 0 Å². The highest BCUT2D eigenvalue weighted by Crippen LogP contribution is 2.16. The second kappa shape index (κ2) is 5.14. The van der Waals surface area contributed by atoms with Gasteiger partial charge in [0.1, 0.15) is 11.6 Å². The molecule has 0 bridgehead atoms. The first kappa shape index (κ1) is 13.1. The van der Waals surface area contributed by atoms with E-state index < -0.39 is 11.7 Å². The van der Waals surface area contributed by atoms with E-state index in [9.17, 15) is 9.18 Å². The summed E-state index contributed by atoms with van der Waals surface area (Å²) in [6.07, 6.45) is 0. The largest absolute Gasteiger partial charge is 0.319 e. The van der Waals surface area contributed by atoms with E-state index >= 15 is 0 Å². The maximum absolute atomic E-state index is 13.5. The molecule has 0 saturated carbocycles. The predicted molar refractivity (Wildman–Crippen MR) is 70.6 cm³/mol. The van der Waals surface area contributed by atoms with Crippen molar-refractivity contribution in [1.82, 2.24) is 9.97 Å². The minimum Gasteiger partial charge on any atom is -0.319 e. The Morgan fingerprint density at radius 3 is 2.26 bits per heavy atom. The highest BCUT2D eigenvalue weighted by Gasteiger charge is 2.16. The number of carbonyl (C=O) groups is 1. The zero-order valence-electron chi connectivity index (χ0n) is 11.0. The Kier molecular flexibility index (Phi) is 3.55. The Hall–Kier alpha value is -2.30. The number of para-hydroxylation sites is 1. The molecule has 4 nitrogen and oxygen atoms in total. The van der Waals surface area contributed by atoms with Crippen molar-refractivity contribution >= 4 is 11.6 Å². The number of benzene rings is 1. The summed E-state index contributed by atoms with van der Waals surface area (Å²) < 4.78 is 13.5. The van der Waals surface area contributed by atoms with Crippen molar-refractivity contribution in [3.8, 4) is 0 Å². The van der Waals surface area contributed by atoms with Gasteiger partial charge in [0.25, 0.3) is 5.91 Å². The summed E-state index contributed by atoms with van der Waals surface area (Å²) in [5.74, 6) is -0.267. The molecule has 0 aliphatic carbocycles. The lowest BCUT2D eigenvalue weighted by molar-refractivity contribution is 0.102. The Balaban J connectivity index is 2.34. The lowest BCUT2D eigenvalue weighted by Gasteiger charge is -2.10. The molecule has 19 heavy (non-hydrogen) atoms. The molecule has 1 amide bonds. The fourth-order valence-electron chi connectivity index (χ4n) is 1.96. The fraction of sp³-hybridized carbons (Fsp3) is 0.214. The monoisotopic (exact) mass is 259 g/mol. The number of hydrogen-bond donors (Lipinski definition) is 1. The molecule has 0 unspecified atom stereocenters. The van der Waals surface area contributed by atoms with Crippen LogP contribution in [0.2, 0.25) is 0 Å². The molecule has 2 aromatic rings. The van der Waals surface area contributed by atoms with Crippen LogP contribution in [0.25, 0.3) is 0 Å². The number of rotatable bonds is 2. The Bertz CT molecular complexity index is 617.